The molecule has 2 aromatic heterocycles. The van der Waals surface area contributed by atoms with E-state index in [1.807, 2.05) is 19.1 Å². The predicted molar refractivity (Wildman–Crippen MR) is 55.5 cm³/mol. The summed E-state index contributed by atoms with van der Waals surface area (Å²) >= 11 is 6.04. The third-order valence-corrected chi connectivity index (χ3v) is 2.41. The third-order valence-electron chi connectivity index (χ3n) is 2.11. The van der Waals surface area contributed by atoms with Gasteiger partial charge in [-0.1, -0.05) is 17.7 Å². The Balaban J connectivity index is 2.66. The molecular formula is C9H9ClN5+. The summed E-state index contributed by atoms with van der Waals surface area (Å²) in [5.41, 5.74) is 7.47. The van der Waals surface area contributed by atoms with Gasteiger partial charge in [0, 0.05) is 4.79 Å². The van der Waals surface area contributed by atoms with E-state index in [1.165, 1.54) is 6.21 Å². The van der Waals surface area contributed by atoms with Crippen LogP contribution in [-0.4, -0.2) is 25.6 Å². The smallest absolute Gasteiger partial charge is 0.268 e. The Morgan fingerprint density at radius 3 is 3.07 bits per heavy atom. The summed E-state index contributed by atoms with van der Waals surface area (Å²) < 4.78 is 1.74. The lowest BCUT2D eigenvalue weighted by atomic mass is 10.2. The molecule has 76 valence electrons. The lowest BCUT2D eigenvalue weighted by Crippen LogP contribution is -2.03. The molecule has 0 aliphatic rings. The van der Waals surface area contributed by atoms with E-state index in [0.29, 0.717) is 16.6 Å². The molecule has 1 N–H and O–H groups in total. The number of fused-ring (bicyclic) bond motifs is 1. The zero-order chi connectivity index (χ0) is 10.8. The maximum absolute atomic E-state index is 6.78. The highest BCUT2D eigenvalue weighted by Crippen LogP contribution is 2.17. The number of aromatic nitrogens is 3. The van der Waals surface area contributed by atoms with Gasteiger partial charge in [-0.15, -0.1) is 10.2 Å². The molecule has 2 aromatic rings. The molecule has 0 aromatic carbocycles. The van der Waals surface area contributed by atoms with E-state index < -0.39 is 0 Å². The van der Waals surface area contributed by atoms with Gasteiger partial charge in [0.15, 0.2) is 11.5 Å². The van der Waals surface area contributed by atoms with Gasteiger partial charge in [-0.05, 0) is 19.1 Å². The normalized spacial score (nSPS) is 12.4. The van der Waals surface area contributed by atoms with E-state index in [9.17, 15) is 0 Å². The van der Waals surface area contributed by atoms with Crippen LogP contribution in [0.5, 0.6) is 0 Å². The van der Waals surface area contributed by atoms with Crippen LogP contribution >= 0.6 is 11.6 Å². The van der Waals surface area contributed by atoms with E-state index in [-0.39, 0.29) is 5.92 Å². The fraction of sp³-hybridized carbons (Fsp3) is 0.222. The number of hydrogen-bond donors (Lipinski definition) is 1. The molecule has 0 fully saturated rings. The van der Waals surface area contributed by atoms with Crippen molar-refractivity contribution in [3.63, 3.8) is 0 Å². The van der Waals surface area contributed by atoms with Crippen molar-refractivity contribution in [2.75, 3.05) is 0 Å². The highest BCUT2D eigenvalue weighted by Gasteiger charge is 2.16. The van der Waals surface area contributed by atoms with Gasteiger partial charge < -0.3 is 0 Å². The highest BCUT2D eigenvalue weighted by molar-refractivity contribution is 6.29. The number of pyridine rings is 1. The third kappa shape index (κ3) is 1.63. The standard InChI is InChI=1S/C9H9ClN5/c1-6(5-12-11)9-14-13-8-4-2-3-7(10)15(8)9/h2-6,11H,1H3/q+1. The lowest BCUT2D eigenvalue weighted by Gasteiger charge is -2.01. The van der Waals surface area contributed by atoms with E-state index in [4.69, 9.17) is 17.1 Å². The maximum atomic E-state index is 6.78. The second-order valence-electron chi connectivity index (χ2n) is 3.17. The highest BCUT2D eigenvalue weighted by atomic mass is 35.5. The van der Waals surface area contributed by atoms with Gasteiger partial charge in [0.2, 0.25) is 0 Å². The Hall–Kier alpha value is -1.71. The first-order chi connectivity index (χ1) is 7.24. The molecule has 0 spiro atoms. The van der Waals surface area contributed by atoms with Gasteiger partial charge in [0.25, 0.3) is 0 Å². The first-order valence-corrected chi connectivity index (χ1v) is 4.81. The Bertz CT molecular complexity index is 540. The molecule has 0 aliphatic heterocycles. The molecule has 0 saturated heterocycles. The molecule has 0 bridgehead atoms. The molecule has 1 unspecified atom stereocenters. The van der Waals surface area contributed by atoms with E-state index in [1.54, 1.807) is 10.5 Å². The molecule has 15 heavy (non-hydrogen) atoms. The van der Waals surface area contributed by atoms with Crippen molar-refractivity contribution in [3.05, 3.63) is 29.2 Å². The van der Waals surface area contributed by atoms with E-state index in [2.05, 4.69) is 15.0 Å². The molecule has 0 radical (unpaired) electrons. The average molecular weight is 223 g/mol. The van der Waals surface area contributed by atoms with E-state index in [0.717, 1.165) is 0 Å². The SMILES string of the molecule is CC(C=[N+]=N)c1nnc2cccc(Cl)n12. The van der Waals surface area contributed by atoms with Crippen LogP contribution in [0.4, 0.5) is 0 Å². The van der Waals surface area contributed by atoms with Gasteiger partial charge in [-0.3, -0.25) is 4.40 Å². The molecule has 0 amide bonds. The van der Waals surface area contributed by atoms with Crippen LogP contribution in [0, 0.1) is 5.53 Å². The van der Waals surface area contributed by atoms with Crippen molar-refractivity contribution >= 4 is 23.5 Å². The fourth-order valence-electron chi connectivity index (χ4n) is 1.40. The Kier molecular flexibility index (Phi) is 2.49. The Labute approximate surface area is 90.9 Å². The van der Waals surface area contributed by atoms with Crippen molar-refractivity contribution in [3.8, 4) is 0 Å². The molecule has 0 aliphatic carbocycles. The van der Waals surface area contributed by atoms with Crippen molar-refractivity contribution < 1.29 is 4.79 Å². The van der Waals surface area contributed by atoms with Gasteiger partial charge in [-0.2, -0.15) is 0 Å². The average Bonchev–Trinajstić information content (AvgIpc) is 2.63. The van der Waals surface area contributed by atoms with Crippen LogP contribution in [0.1, 0.15) is 18.7 Å². The first-order valence-electron chi connectivity index (χ1n) is 4.43. The molecule has 2 heterocycles. The zero-order valence-corrected chi connectivity index (χ0v) is 8.81. The minimum atomic E-state index is -0.0857. The number of halogens is 1. The number of nitrogens with one attached hydrogen (secondary N) is 1. The van der Waals surface area contributed by atoms with Crippen LogP contribution in [0.25, 0.3) is 5.65 Å². The van der Waals surface area contributed by atoms with Crippen LogP contribution in [0.15, 0.2) is 18.2 Å². The molecular weight excluding hydrogens is 214 g/mol. The largest absolute Gasteiger partial charge is 0.317 e. The first kappa shape index (κ1) is 9.83. The second-order valence-corrected chi connectivity index (χ2v) is 3.55. The van der Waals surface area contributed by atoms with Gasteiger partial charge >= 0.3 is 6.21 Å². The van der Waals surface area contributed by atoms with Gasteiger partial charge in [-0.25, -0.2) is 0 Å². The van der Waals surface area contributed by atoms with Crippen molar-refractivity contribution in [1.82, 2.24) is 14.6 Å². The quantitative estimate of drug-likeness (QED) is 0.364. The van der Waals surface area contributed by atoms with Crippen LogP contribution in [0.2, 0.25) is 5.15 Å². The lowest BCUT2D eigenvalue weighted by molar-refractivity contribution is -0.115. The minimum absolute atomic E-state index is 0.0857. The number of hydrogen-bond acceptors (Lipinski definition) is 3. The fourth-order valence-corrected chi connectivity index (χ4v) is 1.64. The summed E-state index contributed by atoms with van der Waals surface area (Å²) in [6.07, 6.45) is 1.49. The van der Waals surface area contributed by atoms with Crippen molar-refractivity contribution in [2.45, 2.75) is 12.8 Å². The molecule has 1 atom stereocenters. The maximum Gasteiger partial charge on any atom is 0.317 e. The van der Waals surface area contributed by atoms with Gasteiger partial charge in [0.1, 0.15) is 11.1 Å². The predicted octanol–water partition coefficient (Wildman–Crippen LogP) is 1.80. The second kappa shape index (κ2) is 3.81. The summed E-state index contributed by atoms with van der Waals surface area (Å²) in [6.45, 7) is 1.89. The van der Waals surface area contributed by atoms with Crippen LogP contribution in [-0.2, 0) is 0 Å². The molecule has 5 nitrogen and oxygen atoms in total. The Morgan fingerprint density at radius 1 is 1.53 bits per heavy atom. The summed E-state index contributed by atoms with van der Waals surface area (Å²) in [4.78, 5) is 3.23. The number of rotatable bonds is 2. The van der Waals surface area contributed by atoms with E-state index >= 15 is 0 Å². The summed E-state index contributed by atoms with van der Waals surface area (Å²) in [5.74, 6) is 0.601. The topological polar surface area (TPSA) is 68.1 Å². The van der Waals surface area contributed by atoms with Crippen molar-refractivity contribution in [2.24, 2.45) is 0 Å². The summed E-state index contributed by atoms with van der Waals surface area (Å²) in [6, 6.07) is 5.41. The Morgan fingerprint density at radius 2 is 2.33 bits per heavy atom. The van der Waals surface area contributed by atoms with Crippen molar-refractivity contribution in [1.29, 1.82) is 5.53 Å². The molecule has 0 saturated carbocycles. The number of nitrogens with zero attached hydrogens (tertiary/aromatic N) is 4. The zero-order valence-electron chi connectivity index (χ0n) is 8.05. The van der Waals surface area contributed by atoms with Crippen LogP contribution < -0.4 is 0 Å². The summed E-state index contributed by atoms with van der Waals surface area (Å²) in [7, 11) is 0. The van der Waals surface area contributed by atoms with Crippen LogP contribution in [0.3, 0.4) is 0 Å². The van der Waals surface area contributed by atoms with Gasteiger partial charge in [0.05, 0.1) is 5.53 Å². The molecule has 2 rings (SSSR count). The minimum Gasteiger partial charge on any atom is -0.268 e. The summed E-state index contributed by atoms with van der Waals surface area (Å²) in [5, 5.41) is 8.57. The molecule has 6 heteroatoms. The monoisotopic (exact) mass is 222 g/mol.